The van der Waals surface area contributed by atoms with E-state index in [1.54, 1.807) is 19.1 Å². The maximum atomic E-state index is 11.7. The number of nitrogens with zero attached hydrogens (tertiary/aromatic N) is 1. The molecule has 0 aromatic heterocycles. The number of benzene rings is 1. The summed E-state index contributed by atoms with van der Waals surface area (Å²) < 4.78 is 10.5. The minimum Gasteiger partial charge on any atom is -0.497 e. The monoisotopic (exact) mass is 247 g/mol. The fraction of sp³-hybridized carbons (Fsp3) is 0.357. The molecule has 1 saturated heterocycles. The van der Waals surface area contributed by atoms with Gasteiger partial charge in [0.15, 0.2) is 0 Å². The van der Waals surface area contributed by atoms with Crippen LogP contribution in [0.2, 0.25) is 0 Å². The van der Waals surface area contributed by atoms with E-state index in [1.165, 1.54) is 0 Å². The smallest absolute Gasteiger partial charge is 0.227 e. The van der Waals surface area contributed by atoms with Crippen LogP contribution < -0.4 is 9.47 Å². The van der Waals surface area contributed by atoms with Gasteiger partial charge < -0.3 is 14.4 Å². The molecule has 1 aromatic rings. The second-order valence-corrected chi connectivity index (χ2v) is 4.35. The highest BCUT2D eigenvalue weighted by Gasteiger charge is 2.24. The van der Waals surface area contributed by atoms with E-state index in [0.717, 1.165) is 22.6 Å². The van der Waals surface area contributed by atoms with Crippen molar-refractivity contribution in [3.8, 4) is 11.5 Å². The predicted molar refractivity (Wildman–Crippen MR) is 68.7 cm³/mol. The van der Waals surface area contributed by atoms with Gasteiger partial charge in [-0.2, -0.15) is 0 Å². The third-order valence-corrected chi connectivity index (χ3v) is 3.02. The van der Waals surface area contributed by atoms with E-state index in [-0.39, 0.29) is 5.91 Å². The fourth-order valence-corrected chi connectivity index (χ4v) is 2.07. The number of rotatable bonds is 4. The molecule has 0 saturated carbocycles. The second kappa shape index (κ2) is 5.12. The van der Waals surface area contributed by atoms with Gasteiger partial charge in [-0.3, -0.25) is 4.79 Å². The summed E-state index contributed by atoms with van der Waals surface area (Å²) in [5.74, 6) is 1.60. The van der Waals surface area contributed by atoms with Crippen LogP contribution in [-0.4, -0.2) is 31.6 Å². The van der Waals surface area contributed by atoms with Gasteiger partial charge >= 0.3 is 0 Å². The number of hydrogen-bond donors (Lipinski definition) is 0. The van der Waals surface area contributed by atoms with E-state index in [1.807, 2.05) is 18.2 Å². The zero-order valence-electron chi connectivity index (χ0n) is 10.7. The highest BCUT2D eigenvalue weighted by molar-refractivity contribution is 5.82. The molecule has 1 fully saturated rings. The SMILES string of the molecule is C=C1CC(=O)N(Cc2ccc(OC)cc2OC)C1. The molecule has 4 nitrogen and oxygen atoms in total. The molecule has 1 heterocycles. The quantitative estimate of drug-likeness (QED) is 0.764. The Morgan fingerprint density at radius 1 is 1.33 bits per heavy atom. The van der Waals surface area contributed by atoms with Gasteiger partial charge in [0, 0.05) is 31.1 Å². The normalized spacial score (nSPS) is 15.1. The summed E-state index contributed by atoms with van der Waals surface area (Å²) in [7, 11) is 3.23. The number of methoxy groups -OCH3 is 2. The van der Waals surface area contributed by atoms with E-state index in [9.17, 15) is 4.79 Å². The summed E-state index contributed by atoms with van der Waals surface area (Å²) >= 11 is 0. The average Bonchev–Trinajstić information content (AvgIpc) is 2.68. The number of amides is 1. The van der Waals surface area contributed by atoms with E-state index in [2.05, 4.69) is 6.58 Å². The van der Waals surface area contributed by atoms with Crippen molar-refractivity contribution in [1.82, 2.24) is 4.90 Å². The van der Waals surface area contributed by atoms with E-state index in [0.29, 0.717) is 19.5 Å². The summed E-state index contributed by atoms with van der Waals surface area (Å²) in [6.45, 7) is 5.03. The van der Waals surface area contributed by atoms with Crippen LogP contribution in [0.1, 0.15) is 12.0 Å². The van der Waals surface area contributed by atoms with Crippen molar-refractivity contribution in [1.29, 1.82) is 0 Å². The Kier molecular flexibility index (Phi) is 3.55. The first kappa shape index (κ1) is 12.5. The molecule has 1 aromatic carbocycles. The van der Waals surface area contributed by atoms with Gasteiger partial charge in [-0.15, -0.1) is 0 Å². The van der Waals surface area contributed by atoms with E-state index >= 15 is 0 Å². The Hall–Kier alpha value is -1.97. The Balaban J connectivity index is 2.18. The molecule has 1 aliphatic heterocycles. The maximum Gasteiger partial charge on any atom is 0.227 e. The molecule has 0 bridgehead atoms. The first-order chi connectivity index (χ1) is 8.63. The minimum absolute atomic E-state index is 0.123. The lowest BCUT2D eigenvalue weighted by Crippen LogP contribution is -2.24. The van der Waals surface area contributed by atoms with Crippen LogP contribution in [-0.2, 0) is 11.3 Å². The van der Waals surface area contributed by atoms with Crippen LogP contribution in [0.15, 0.2) is 30.4 Å². The molecule has 96 valence electrons. The van der Waals surface area contributed by atoms with Crippen LogP contribution in [0.3, 0.4) is 0 Å². The number of likely N-dealkylation sites (tertiary alicyclic amines) is 1. The Bertz CT molecular complexity index is 482. The Labute approximate surface area is 107 Å². The first-order valence-electron chi connectivity index (χ1n) is 5.79. The van der Waals surface area contributed by atoms with Crippen LogP contribution in [0.25, 0.3) is 0 Å². The lowest BCUT2D eigenvalue weighted by atomic mass is 10.2. The summed E-state index contributed by atoms with van der Waals surface area (Å²) in [6, 6.07) is 5.62. The van der Waals surface area contributed by atoms with Crippen molar-refractivity contribution in [3.05, 3.63) is 35.9 Å². The molecule has 0 spiro atoms. The van der Waals surface area contributed by atoms with Crippen molar-refractivity contribution >= 4 is 5.91 Å². The maximum absolute atomic E-state index is 11.7. The van der Waals surface area contributed by atoms with Crippen molar-refractivity contribution in [2.75, 3.05) is 20.8 Å². The molecule has 0 atom stereocenters. The van der Waals surface area contributed by atoms with Gasteiger partial charge in [-0.25, -0.2) is 0 Å². The van der Waals surface area contributed by atoms with Gasteiger partial charge in [-0.05, 0) is 17.7 Å². The minimum atomic E-state index is 0.123. The summed E-state index contributed by atoms with van der Waals surface area (Å²) in [5.41, 5.74) is 1.94. The van der Waals surface area contributed by atoms with E-state index < -0.39 is 0 Å². The van der Waals surface area contributed by atoms with Crippen molar-refractivity contribution in [3.63, 3.8) is 0 Å². The first-order valence-corrected chi connectivity index (χ1v) is 5.79. The zero-order valence-corrected chi connectivity index (χ0v) is 10.7. The topological polar surface area (TPSA) is 38.8 Å². The van der Waals surface area contributed by atoms with Crippen molar-refractivity contribution < 1.29 is 14.3 Å². The molecule has 1 amide bonds. The van der Waals surface area contributed by atoms with Crippen molar-refractivity contribution in [2.24, 2.45) is 0 Å². The third-order valence-electron chi connectivity index (χ3n) is 3.02. The molecule has 18 heavy (non-hydrogen) atoms. The number of ether oxygens (including phenoxy) is 2. The molecule has 0 unspecified atom stereocenters. The summed E-state index contributed by atoms with van der Waals surface area (Å²) in [5, 5.41) is 0. The highest BCUT2D eigenvalue weighted by atomic mass is 16.5. The molecule has 2 rings (SSSR count). The molecule has 0 radical (unpaired) electrons. The van der Waals surface area contributed by atoms with Crippen LogP contribution in [0.4, 0.5) is 0 Å². The second-order valence-electron chi connectivity index (χ2n) is 4.35. The van der Waals surface area contributed by atoms with Crippen LogP contribution in [0, 0.1) is 0 Å². The van der Waals surface area contributed by atoms with Gasteiger partial charge in [-0.1, -0.05) is 6.58 Å². The van der Waals surface area contributed by atoms with Gasteiger partial charge in [0.2, 0.25) is 5.91 Å². The number of hydrogen-bond acceptors (Lipinski definition) is 3. The molecule has 4 heteroatoms. The summed E-state index contributed by atoms with van der Waals surface area (Å²) in [4.78, 5) is 13.5. The lowest BCUT2D eigenvalue weighted by molar-refractivity contribution is -0.128. The van der Waals surface area contributed by atoms with Crippen molar-refractivity contribution in [2.45, 2.75) is 13.0 Å². The molecular weight excluding hydrogens is 230 g/mol. The van der Waals surface area contributed by atoms with Gasteiger partial charge in [0.25, 0.3) is 0 Å². The van der Waals surface area contributed by atoms with Crippen LogP contribution >= 0.6 is 0 Å². The lowest BCUT2D eigenvalue weighted by Gasteiger charge is -2.17. The largest absolute Gasteiger partial charge is 0.497 e. The molecule has 1 aliphatic rings. The Morgan fingerprint density at radius 2 is 2.11 bits per heavy atom. The predicted octanol–water partition coefficient (Wildman–Crippen LogP) is 1.99. The fourth-order valence-electron chi connectivity index (χ4n) is 2.07. The standard InChI is InChI=1S/C14H17NO3/c1-10-6-14(16)15(8-10)9-11-4-5-12(17-2)7-13(11)18-3/h4-5,7H,1,6,8-9H2,2-3H3. The highest BCUT2D eigenvalue weighted by Crippen LogP contribution is 2.27. The number of carbonyl (C=O) groups excluding carboxylic acids is 1. The van der Waals surface area contributed by atoms with Crippen LogP contribution in [0.5, 0.6) is 11.5 Å². The number of carbonyl (C=O) groups is 1. The van der Waals surface area contributed by atoms with Gasteiger partial charge in [0.05, 0.1) is 14.2 Å². The molecule has 0 aliphatic carbocycles. The summed E-state index contributed by atoms with van der Waals surface area (Å²) in [6.07, 6.45) is 0.457. The van der Waals surface area contributed by atoms with Gasteiger partial charge in [0.1, 0.15) is 11.5 Å². The average molecular weight is 247 g/mol. The zero-order chi connectivity index (χ0) is 13.1. The Morgan fingerprint density at radius 3 is 2.67 bits per heavy atom. The molecule has 0 N–H and O–H groups in total. The molecular formula is C14H17NO3. The third kappa shape index (κ3) is 2.47. The van der Waals surface area contributed by atoms with E-state index in [4.69, 9.17) is 9.47 Å².